The molecule has 0 aromatic carbocycles. The zero-order chi connectivity index (χ0) is 10.6. The van der Waals surface area contributed by atoms with Crippen LogP contribution >= 0.6 is 0 Å². The van der Waals surface area contributed by atoms with Crippen LogP contribution in [0.25, 0.3) is 0 Å². The number of amides is 1. The van der Waals surface area contributed by atoms with E-state index < -0.39 is 5.97 Å². The van der Waals surface area contributed by atoms with E-state index in [-0.39, 0.29) is 24.8 Å². The van der Waals surface area contributed by atoms with E-state index in [1.165, 1.54) is 4.90 Å². The summed E-state index contributed by atoms with van der Waals surface area (Å²) >= 11 is 0. The Hall–Kier alpha value is -1.10. The van der Waals surface area contributed by atoms with Crippen LogP contribution in [0.4, 0.5) is 0 Å². The largest absolute Gasteiger partial charge is 0.481 e. The Morgan fingerprint density at radius 3 is 2.79 bits per heavy atom. The number of carbonyl (C=O) groups excluding carboxylic acids is 1. The normalized spacial score (nSPS) is 20.8. The van der Waals surface area contributed by atoms with Crippen molar-refractivity contribution in [1.82, 2.24) is 4.90 Å². The van der Waals surface area contributed by atoms with Crippen LogP contribution in [-0.2, 0) is 14.3 Å². The first kappa shape index (κ1) is 11.0. The summed E-state index contributed by atoms with van der Waals surface area (Å²) in [5.41, 5.74) is 0. The molecule has 5 nitrogen and oxygen atoms in total. The number of carboxylic acids is 1. The molecule has 1 atom stereocenters. The number of rotatable bonds is 4. The predicted molar refractivity (Wildman–Crippen MR) is 48.8 cm³/mol. The first-order valence-electron chi connectivity index (χ1n) is 4.65. The van der Waals surface area contributed by atoms with Gasteiger partial charge in [0.1, 0.15) is 0 Å². The van der Waals surface area contributed by atoms with Crippen LogP contribution in [0.15, 0.2) is 0 Å². The summed E-state index contributed by atoms with van der Waals surface area (Å²) in [4.78, 5) is 23.4. The first-order chi connectivity index (χ1) is 6.61. The van der Waals surface area contributed by atoms with Crippen LogP contribution in [0.3, 0.4) is 0 Å². The lowest BCUT2D eigenvalue weighted by atomic mass is 10.1. The first-order valence-corrected chi connectivity index (χ1v) is 4.65. The topological polar surface area (TPSA) is 66.8 Å². The van der Waals surface area contributed by atoms with Gasteiger partial charge in [-0.1, -0.05) is 0 Å². The lowest BCUT2D eigenvalue weighted by Gasteiger charge is -2.19. The molecule has 1 fully saturated rings. The molecule has 1 saturated heterocycles. The fraction of sp³-hybridized carbons (Fsp3) is 0.778. The van der Waals surface area contributed by atoms with Gasteiger partial charge in [-0.05, 0) is 6.42 Å². The van der Waals surface area contributed by atoms with Gasteiger partial charge in [0.2, 0.25) is 5.91 Å². The molecule has 0 bridgehead atoms. The van der Waals surface area contributed by atoms with Crippen LogP contribution in [0.2, 0.25) is 0 Å². The summed E-state index contributed by atoms with van der Waals surface area (Å²) in [5, 5.41) is 8.45. The Bertz CT molecular complexity index is 223. The number of ether oxygens (including phenoxy) is 1. The average Bonchev–Trinajstić information content (AvgIpc) is 2.65. The molecule has 1 heterocycles. The molecule has 0 aromatic heterocycles. The summed E-state index contributed by atoms with van der Waals surface area (Å²) in [6.45, 7) is 1.37. The summed E-state index contributed by atoms with van der Waals surface area (Å²) in [7, 11) is 1.63. The van der Waals surface area contributed by atoms with E-state index in [0.29, 0.717) is 13.2 Å². The zero-order valence-corrected chi connectivity index (χ0v) is 8.23. The van der Waals surface area contributed by atoms with E-state index >= 15 is 0 Å². The molecule has 1 rings (SSSR count). The maximum absolute atomic E-state index is 11.6. The van der Waals surface area contributed by atoms with Gasteiger partial charge in [0.15, 0.2) is 0 Å². The Labute approximate surface area is 82.6 Å². The highest BCUT2D eigenvalue weighted by atomic mass is 16.5. The van der Waals surface area contributed by atoms with Crippen LogP contribution < -0.4 is 0 Å². The molecule has 0 aromatic rings. The van der Waals surface area contributed by atoms with Crippen LogP contribution in [0, 0.1) is 5.92 Å². The minimum Gasteiger partial charge on any atom is -0.481 e. The average molecular weight is 201 g/mol. The van der Waals surface area contributed by atoms with Crippen molar-refractivity contribution in [3.05, 3.63) is 0 Å². The second-order valence-corrected chi connectivity index (χ2v) is 3.46. The van der Waals surface area contributed by atoms with Crippen molar-refractivity contribution < 1.29 is 19.4 Å². The third-order valence-electron chi connectivity index (χ3n) is 2.32. The number of carboxylic acid groups (broad SMARTS) is 1. The molecule has 1 aliphatic heterocycles. The molecular formula is C9H15NO4. The number of hydrogen-bond acceptors (Lipinski definition) is 3. The maximum atomic E-state index is 11.6. The molecule has 80 valence electrons. The van der Waals surface area contributed by atoms with Crippen molar-refractivity contribution in [3.8, 4) is 0 Å². The van der Waals surface area contributed by atoms with Gasteiger partial charge < -0.3 is 14.7 Å². The maximum Gasteiger partial charge on any atom is 0.305 e. The van der Waals surface area contributed by atoms with Gasteiger partial charge in [-0.3, -0.25) is 9.59 Å². The molecule has 5 heteroatoms. The summed E-state index contributed by atoms with van der Waals surface area (Å²) in [5.74, 6) is -0.968. The van der Waals surface area contributed by atoms with Crippen LogP contribution in [0.1, 0.15) is 12.8 Å². The number of nitrogens with zero attached hydrogens (tertiary/aromatic N) is 1. The lowest BCUT2D eigenvalue weighted by Crippen LogP contribution is -2.34. The van der Waals surface area contributed by atoms with Gasteiger partial charge in [-0.2, -0.15) is 0 Å². The molecule has 0 spiro atoms. The van der Waals surface area contributed by atoms with Gasteiger partial charge in [0.25, 0.3) is 0 Å². The van der Waals surface area contributed by atoms with Gasteiger partial charge in [-0.15, -0.1) is 0 Å². The highest BCUT2D eigenvalue weighted by molar-refractivity contribution is 5.79. The van der Waals surface area contributed by atoms with Crippen molar-refractivity contribution in [2.75, 3.05) is 26.8 Å². The molecule has 1 N–H and O–H groups in total. The molecule has 0 radical (unpaired) electrons. The van der Waals surface area contributed by atoms with E-state index in [9.17, 15) is 9.59 Å². The van der Waals surface area contributed by atoms with E-state index in [1.807, 2.05) is 0 Å². The second-order valence-electron chi connectivity index (χ2n) is 3.46. The molecule has 0 saturated carbocycles. The van der Waals surface area contributed by atoms with Crippen LogP contribution in [0.5, 0.6) is 0 Å². The standard InChI is InChI=1S/C9H15NO4/c1-10(4-2-8(11)12)9(13)7-3-5-14-6-7/h7H,2-6H2,1H3,(H,11,12). The third kappa shape index (κ3) is 2.99. The van der Waals surface area contributed by atoms with Gasteiger partial charge in [0, 0.05) is 20.2 Å². The molecule has 1 unspecified atom stereocenters. The van der Waals surface area contributed by atoms with Crippen molar-refractivity contribution in [2.45, 2.75) is 12.8 Å². The van der Waals surface area contributed by atoms with E-state index in [1.54, 1.807) is 7.05 Å². The van der Waals surface area contributed by atoms with Crippen molar-refractivity contribution >= 4 is 11.9 Å². The van der Waals surface area contributed by atoms with E-state index in [0.717, 1.165) is 6.42 Å². The van der Waals surface area contributed by atoms with E-state index in [4.69, 9.17) is 9.84 Å². The molecule has 14 heavy (non-hydrogen) atoms. The molecule has 1 aliphatic rings. The van der Waals surface area contributed by atoms with E-state index in [2.05, 4.69) is 0 Å². The number of carbonyl (C=O) groups is 2. The van der Waals surface area contributed by atoms with Gasteiger partial charge in [-0.25, -0.2) is 0 Å². The van der Waals surface area contributed by atoms with Gasteiger partial charge in [0.05, 0.1) is 18.9 Å². The highest BCUT2D eigenvalue weighted by Gasteiger charge is 2.26. The zero-order valence-electron chi connectivity index (χ0n) is 8.23. The lowest BCUT2D eigenvalue weighted by molar-refractivity contribution is -0.139. The summed E-state index contributed by atoms with van der Waals surface area (Å²) in [6.07, 6.45) is 0.742. The minimum absolute atomic E-state index is 0.00415. The number of hydrogen-bond donors (Lipinski definition) is 1. The smallest absolute Gasteiger partial charge is 0.305 e. The van der Waals surface area contributed by atoms with Crippen molar-refractivity contribution in [2.24, 2.45) is 5.92 Å². The minimum atomic E-state index is -0.882. The monoisotopic (exact) mass is 201 g/mol. The fourth-order valence-electron chi connectivity index (χ4n) is 1.41. The predicted octanol–water partition coefficient (Wildman–Crippen LogP) is -0.0440. The van der Waals surface area contributed by atoms with Crippen LogP contribution in [-0.4, -0.2) is 48.7 Å². The Morgan fingerprint density at radius 1 is 1.57 bits per heavy atom. The quantitative estimate of drug-likeness (QED) is 0.692. The Kier molecular flexibility index (Phi) is 3.88. The van der Waals surface area contributed by atoms with Crippen molar-refractivity contribution in [3.63, 3.8) is 0 Å². The molecule has 0 aliphatic carbocycles. The Balaban J connectivity index is 2.31. The summed E-state index contributed by atoms with van der Waals surface area (Å²) < 4.78 is 5.09. The summed E-state index contributed by atoms with van der Waals surface area (Å²) in [6, 6.07) is 0. The number of aliphatic carboxylic acids is 1. The Morgan fingerprint density at radius 2 is 2.29 bits per heavy atom. The van der Waals surface area contributed by atoms with Crippen molar-refractivity contribution in [1.29, 1.82) is 0 Å². The third-order valence-corrected chi connectivity index (χ3v) is 2.32. The molecule has 1 amide bonds. The SMILES string of the molecule is CN(CCC(=O)O)C(=O)C1CCOC1. The highest BCUT2D eigenvalue weighted by Crippen LogP contribution is 2.14. The second kappa shape index (κ2) is 4.95. The molecular weight excluding hydrogens is 186 g/mol. The fourth-order valence-corrected chi connectivity index (χ4v) is 1.41. The van der Waals surface area contributed by atoms with Gasteiger partial charge >= 0.3 is 5.97 Å².